The molecular formula is C14H27N. The van der Waals surface area contributed by atoms with E-state index in [1.165, 1.54) is 32.2 Å². The number of unbranched alkanes of at least 4 members (excludes halogenated alkanes) is 1. The second-order valence-electron chi connectivity index (χ2n) is 5.27. The van der Waals surface area contributed by atoms with Gasteiger partial charge in [0.1, 0.15) is 0 Å². The first-order valence-electron chi connectivity index (χ1n) is 6.50. The fourth-order valence-electron chi connectivity index (χ4n) is 3.06. The molecule has 0 saturated carbocycles. The molecule has 1 nitrogen and oxygen atoms in total. The topological polar surface area (TPSA) is 3.24 Å². The standard InChI is InChI=1S/C14H27N/c1-5-7-9-13-10-12(3)11-15(4)14(13)8-6-2/h6,12-14H,2,5,7-11H2,1,3-4H3. The quantitative estimate of drug-likeness (QED) is 0.624. The average Bonchev–Trinajstić information content (AvgIpc) is 2.19. The molecule has 0 aliphatic carbocycles. The summed E-state index contributed by atoms with van der Waals surface area (Å²) in [4.78, 5) is 2.55. The predicted molar refractivity (Wildman–Crippen MR) is 68.0 cm³/mol. The molecule has 1 rings (SSSR count). The van der Waals surface area contributed by atoms with Crippen molar-refractivity contribution in [3.63, 3.8) is 0 Å². The Morgan fingerprint density at radius 1 is 1.47 bits per heavy atom. The third kappa shape index (κ3) is 3.64. The molecule has 0 N–H and O–H groups in total. The normalized spacial score (nSPS) is 32.9. The molecule has 88 valence electrons. The van der Waals surface area contributed by atoms with Gasteiger partial charge in [0.15, 0.2) is 0 Å². The molecule has 1 heteroatoms. The third-order valence-corrected chi connectivity index (χ3v) is 3.75. The van der Waals surface area contributed by atoms with Gasteiger partial charge in [-0.1, -0.05) is 32.8 Å². The maximum absolute atomic E-state index is 3.90. The first kappa shape index (κ1) is 12.8. The monoisotopic (exact) mass is 209 g/mol. The molecule has 1 heterocycles. The summed E-state index contributed by atoms with van der Waals surface area (Å²) in [5.74, 6) is 1.77. The van der Waals surface area contributed by atoms with Gasteiger partial charge in [-0.2, -0.15) is 0 Å². The highest BCUT2D eigenvalue weighted by molar-refractivity contribution is 4.89. The van der Waals surface area contributed by atoms with Crippen molar-refractivity contribution in [1.82, 2.24) is 4.90 Å². The largest absolute Gasteiger partial charge is 0.303 e. The maximum Gasteiger partial charge on any atom is 0.0155 e. The van der Waals surface area contributed by atoms with E-state index >= 15 is 0 Å². The number of likely N-dealkylation sites (tertiary alicyclic amines) is 1. The molecule has 3 atom stereocenters. The van der Waals surface area contributed by atoms with Crippen LogP contribution in [0.4, 0.5) is 0 Å². The van der Waals surface area contributed by atoms with Crippen molar-refractivity contribution < 1.29 is 0 Å². The zero-order chi connectivity index (χ0) is 11.3. The Bertz CT molecular complexity index is 188. The van der Waals surface area contributed by atoms with Crippen LogP contribution in [0, 0.1) is 11.8 Å². The van der Waals surface area contributed by atoms with Crippen molar-refractivity contribution in [2.24, 2.45) is 11.8 Å². The van der Waals surface area contributed by atoms with Crippen LogP contribution in [-0.4, -0.2) is 24.5 Å². The van der Waals surface area contributed by atoms with Crippen LogP contribution in [0.2, 0.25) is 0 Å². The van der Waals surface area contributed by atoms with Gasteiger partial charge in [0.25, 0.3) is 0 Å². The molecule has 0 aromatic rings. The van der Waals surface area contributed by atoms with E-state index in [9.17, 15) is 0 Å². The minimum atomic E-state index is 0.755. The van der Waals surface area contributed by atoms with Crippen LogP contribution in [0.25, 0.3) is 0 Å². The Morgan fingerprint density at radius 2 is 2.20 bits per heavy atom. The van der Waals surface area contributed by atoms with E-state index in [1.807, 2.05) is 0 Å². The Hall–Kier alpha value is -0.300. The van der Waals surface area contributed by atoms with Crippen LogP contribution < -0.4 is 0 Å². The smallest absolute Gasteiger partial charge is 0.0155 e. The van der Waals surface area contributed by atoms with E-state index in [2.05, 4.69) is 38.5 Å². The molecule has 0 spiro atoms. The molecule has 0 aromatic carbocycles. The van der Waals surface area contributed by atoms with Gasteiger partial charge in [0.05, 0.1) is 0 Å². The van der Waals surface area contributed by atoms with Crippen LogP contribution >= 0.6 is 0 Å². The number of nitrogens with zero attached hydrogens (tertiary/aromatic N) is 1. The second kappa shape index (κ2) is 6.32. The summed E-state index contributed by atoms with van der Waals surface area (Å²) in [6, 6.07) is 0.755. The van der Waals surface area contributed by atoms with E-state index in [0.717, 1.165) is 24.3 Å². The third-order valence-electron chi connectivity index (χ3n) is 3.75. The molecule has 0 radical (unpaired) electrons. The minimum absolute atomic E-state index is 0.755. The zero-order valence-electron chi connectivity index (χ0n) is 10.7. The van der Waals surface area contributed by atoms with Gasteiger partial charge in [0, 0.05) is 12.6 Å². The van der Waals surface area contributed by atoms with Crippen LogP contribution in [0.3, 0.4) is 0 Å². The van der Waals surface area contributed by atoms with Gasteiger partial charge < -0.3 is 4.90 Å². The first-order chi connectivity index (χ1) is 7.19. The van der Waals surface area contributed by atoms with Crippen molar-refractivity contribution in [3.8, 4) is 0 Å². The minimum Gasteiger partial charge on any atom is -0.303 e. The van der Waals surface area contributed by atoms with Crippen LogP contribution in [0.1, 0.15) is 46.0 Å². The highest BCUT2D eigenvalue weighted by Crippen LogP contribution is 2.31. The summed E-state index contributed by atoms with van der Waals surface area (Å²) in [6.45, 7) is 9.84. The summed E-state index contributed by atoms with van der Waals surface area (Å²) >= 11 is 0. The SMILES string of the molecule is C=CCC1C(CCCC)CC(C)CN1C. The Morgan fingerprint density at radius 3 is 2.80 bits per heavy atom. The summed E-state index contributed by atoms with van der Waals surface area (Å²) in [5, 5.41) is 0. The maximum atomic E-state index is 3.90. The molecule has 0 amide bonds. The van der Waals surface area contributed by atoms with Gasteiger partial charge in [-0.25, -0.2) is 0 Å². The summed E-state index contributed by atoms with van der Waals surface area (Å²) in [5.41, 5.74) is 0. The fourth-order valence-corrected chi connectivity index (χ4v) is 3.06. The first-order valence-corrected chi connectivity index (χ1v) is 6.50. The molecule has 0 aromatic heterocycles. The molecule has 15 heavy (non-hydrogen) atoms. The molecule has 3 unspecified atom stereocenters. The zero-order valence-corrected chi connectivity index (χ0v) is 10.7. The Balaban J connectivity index is 2.55. The molecule has 1 saturated heterocycles. The van der Waals surface area contributed by atoms with E-state index < -0.39 is 0 Å². The lowest BCUT2D eigenvalue weighted by molar-refractivity contribution is 0.0802. The fraction of sp³-hybridized carbons (Fsp3) is 0.857. The average molecular weight is 209 g/mol. The van der Waals surface area contributed by atoms with Crippen LogP contribution in [-0.2, 0) is 0 Å². The lowest BCUT2D eigenvalue weighted by Crippen LogP contribution is -2.45. The molecule has 1 aliphatic rings. The number of hydrogen-bond acceptors (Lipinski definition) is 1. The lowest BCUT2D eigenvalue weighted by Gasteiger charge is -2.42. The summed E-state index contributed by atoms with van der Waals surface area (Å²) < 4.78 is 0. The van der Waals surface area contributed by atoms with Crippen molar-refractivity contribution >= 4 is 0 Å². The van der Waals surface area contributed by atoms with Crippen molar-refractivity contribution in [2.75, 3.05) is 13.6 Å². The van der Waals surface area contributed by atoms with Crippen LogP contribution in [0.15, 0.2) is 12.7 Å². The number of rotatable bonds is 5. The van der Waals surface area contributed by atoms with E-state index in [4.69, 9.17) is 0 Å². The van der Waals surface area contributed by atoms with E-state index in [1.54, 1.807) is 0 Å². The summed E-state index contributed by atoms with van der Waals surface area (Å²) in [7, 11) is 2.28. The van der Waals surface area contributed by atoms with Crippen LogP contribution in [0.5, 0.6) is 0 Å². The highest BCUT2D eigenvalue weighted by Gasteiger charge is 2.30. The lowest BCUT2D eigenvalue weighted by atomic mass is 9.80. The molecule has 0 bridgehead atoms. The molecule has 1 aliphatic heterocycles. The van der Waals surface area contributed by atoms with Gasteiger partial charge in [-0.15, -0.1) is 6.58 Å². The molecular weight excluding hydrogens is 182 g/mol. The van der Waals surface area contributed by atoms with Crippen molar-refractivity contribution in [1.29, 1.82) is 0 Å². The van der Waals surface area contributed by atoms with Gasteiger partial charge >= 0.3 is 0 Å². The van der Waals surface area contributed by atoms with Crippen molar-refractivity contribution in [3.05, 3.63) is 12.7 Å². The number of hydrogen-bond donors (Lipinski definition) is 0. The van der Waals surface area contributed by atoms with Crippen molar-refractivity contribution in [2.45, 2.75) is 52.0 Å². The highest BCUT2D eigenvalue weighted by atomic mass is 15.1. The predicted octanol–water partition coefficient (Wildman–Crippen LogP) is 3.71. The van der Waals surface area contributed by atoms with Gasteiger partial charge in [0.2, 0.25) is 0 Å². The van der Waals surface area contributed by atoms with E-state index in [-0.39, 0.29) is 0 Å². The van der Waals surface area contributed by atoms with Gasteiger partial charge in [-0.05, 0) is 38.1 Å². The molecule has 1 fully saturated rings. The van der Waals surface area contributed by atoms with Gasteiger partial charge in [-0.3, -0.25) is 0 Å². The Labute approximate surface area is 95.5 Å². The summed E-state index contributed by atoms with van der Waals surface area (Å²) in [6.07, 6.45) is 8.80. The Kier molecular flexibility index (Phi) is 5.38. The number of piperidine rings is 1. The van der Waals surface area contributed by atoms with E-state index in [0.29, 0.717) is 0 Å². The second-order valence-corrected chi connectivity index (χ2v) is 5.27.